The van der Waals surface area contributed by atoms with E-state index in [2.05, 4.69) is 30.5 Å². The Hall–Kier alpha value is -3.14. The molecule has 9 nitrogen and oxygen atoms in total. The van der Waals surface area contributed by atoms with Crippen molar-refractivity contribution in [2.24, 2.45) is 0 Å². The number of nitrogens with one attached hydrogen (secondary N) is 1. The number of nitrogens with zero attached hydrogens (tertiary/aromatic N) is 7. The fraction of sp³-hybridized carbons (Fsp3) is 0.450. The molecule has 2 fully saturated rings. The second kappa shape index (κ2) is 7.60. The molecule has 156 valence electrons. The number of aromatic hydroxyl groups is 1. The van der Waals surface area contributed by atoms with Crippen molar-refractivity contribution >= 4 is 5.82 Å². The van der Waals surface area contributed by atoms with E-state index in [4.69, 9.17) is 0 Å². The summed E-state index contributed by atoms with van der Waals surface area (Å²) in [6.45, 7) is 0. The van der Waals surface area contributed by atoms with E-state index in [1.54, 1.807) is 29.5 Å². The number of aromatic nitrogens is 6. The molecule has 2 unspecified atom stereocenters. The van der Waals surface area contributed by atoms with Gasteiger partial charge in [0, 0.05) is 43.8 Å². The SMILES string of the molecule is CN(c1cnc(-c2cnc(-n3ccnc3)cc2O)nn1)[C@@H]1CC2CCCC(N2)[C@H]1F. The summed E-state index contributed by atoms with van der Waals surface area (Å²) in [4.78, 5) is 14.5. The summed E-state index contributed by atoms with van der Waals surface area (Å²) in [5, 5.41) is 22.2. The number of hydrogen-bond acceptors (Lipinski definition) is 8. The van der Waals surface area contributed by atoms with E-state index in [9.17, 15) is 9.50 Å². The van der Waals surface area contributed by atoms with Gasteiger partial charge in [0.25, 0.3) is 0 Å². The van der Waals surface area contributed by atoms with E-state index >= 15 is 0 Å². The lowest BCUT2D eigenvalue weighted by atomic mass is 9.82. The summed E-state index contributed by atoms with van der Waals surface area (Å²) >= 11 is 0. The summed E-state index contributed by atoms with van der Waals surface area (Å²) in [7, 11) is 1.84. The van der Waals surface area contributed by atoms with Crippen LogP contribution in [0.15, 0.2) is 37.2 Å². The van der Waals surface area contributed by atoms with Crippen LogP contribution in [-0.4, -0.2) is 66.2 Å². The summed E-state index contributed by atoms with van der Waals surface area (Å²) in [6, 6.07) is 1.51. The molecule has 0 saturated carbocycles. The molecule has 2 aliphatic rings. The van der Waals surface area contributed by atoms with Gasteiger partial charge in [-0.3, -0.25) is 4.57 Å². The zero-order valence-electron chi connectivity index (χ0n) is 16.6. The molecule has 0 amide bonds. The minimum absolute atomic E-state index is 0.00777. The molecule has 0 aliphatic carbocycles. The molecule has 0 aromatic carbocycles. The van der Waals surface area contributed by atoms with Crippen molar-refractivity contribution in [1.29, 1.82) is 0 Å². The van der Waals surface area contributed by atoms with Crippen molar-refractivity contribution in [1.82, 2.24) is 35.0 Å². The van der Waals surface area contributed by atoms with Gasteiger partial charge in [-0.1, -0.05) is 6.42 Å². The van der Waals surface area contributed by atoms with Crippen LogP contribution in [0.1, 0.15) is 25.7 Å². The first-order chi connectivity index (χ1) is 14.6. The van der Waals surface area contributed by atoms with E-state index in [-0.39, 0.29) is 23.7 Å². The second-order valence-electron chi connectivity index (χ2n) is 7.93. The molecule has 0 radical (unpaired) electrons. The summed E-state index contributed by atoms with van der Waals surface area (Å²) < 4.78 is 16.7. The number of halogens is 1. The Bertz CT molecular complexity index is 1010. The van der Waals surface area contributed by atoms with Gasteiger partial charge >= 0.3 is 0 Å². The zero-order valence-corrected chi connectivity index (χ0v) is 16.6. The number of piperidine rings is 2. The van der Waals surface area contributed by atoms with Gasteiger partial charge in [0.1, 0.15) is 24.1 Å². The number of pyridine rings is 1. The van der Waals surface area contributed by atoms with Crippen molar-refractivity contribution < 1.29 is 9.50 Å². The molecule has 2 saturated heterocycles. The van der Waals surface area contributed by atoms with E-state index in [1.807, 2.05) is 11.9 Å². The number of imidazole rings is 1. The summed E-state index contributed by atoms with van der Waals surface area (Å²) in [6.07, 6.45) is 10.8. The predicted octanol–water partition coefficient (Wildman–Crippen LogP) is 1.88. The van der Waals surface area contributed by atoms with Crippen LogP contribution in [0.5, 0.6) is 5.75 Å². The van der Waals surface area contributed by atoms with Gasteiger partial charge in [0.05, 0.1) is 17.8 Å². The van der Waals surface area contributed by atoms with Crippen LogP contribution >= 0.6 is 0 Å². The van der Waals surface area contributed by atoms with Crippen molar-refractivity contribution in [3.05, 3.63) is 37.2 Å². The maximum absolute atomic E-state index is 15.0. The molecule has 0 spiro atoms. The first kappa shape index (κ1) is 18.9. The van der Waals surface area contributed by atoms with Crippen molar-refractivity contribution in [2.45, 2.75) is 50.0 Å². The Balaban J connectivity index is 1.35. The first-order valence-electron chi connectivity index (χ1n) is 10.1. The molecule has 2 aliphatic heterocycles. The molecule has 2 bridgehead atoms. The Labute approximate surface area is 173 Å². The molecule has 3 aromatic heterocycles. The highest BCUT2D eigenvalue weighted by Gasteiger charge is 2.42. The quantitative estimate of drug-likeness (QED) is 0.672. The van der Waals surface area contributed by atoms with E-state index < -0.39 is 6.17 Å². The molecule has 3 aromatic rings. The Morgan fingerprint density at radius 1 is 1.23 bits per heavy atom. The largest absolute Gasteiger partial charge is 0.507 e. The van der Waals surface area contributed by atoms with Gasteiger partial charge in [0.2, 0.25) is 0 Å². The van der Waals surface area contributed by atoms with E-state index in [0.717, 1.165) is 25.7 Å². The molecule has 4 atom stereocenters. The van der Waals surface area contributed by atoms with Crippen LogP contribution in [0.2, 0.25) is 0 Å². The Kier molecular flexibility index (Phi) is 4.78. The van der Waals surface area contributed by atoms with Crippen molar-refractivity contribution in [3.63, 3.8) is 0 Å². The van der Waals surface area contributed by atoms with Gasteiger partial charge in [-0.2, -0.15) is 0 Å². The highest BCUT2D eigenvalue weighted by atomic mass is 19.1. The average molecular weight is 410 g/mol. The normalized spacial score (nSPS) is 25.8. The predicted molar refractivity (Wildman–Crippen MR) is 108 cm³/mol. The van der Waals surface area contributed by atoms with Crippen LogP contribution < -0.4 is 10.2 Å². The highest BCUT2D eigenvalue weighted by Crippen LogP contribution is 2.32. The Morgan fingerprint density at radius 3 is 2.87 bits per heavy atom. The first-order valence-corrected chi connectivity index (χ1v) is 10.1. The minimum Gasteiger partial charge on any atom is -0.507 e. The smallest absolute Gasteiger partial charge is 0.187 e. The maximum atomic E-state index is 15.0. The van der Waals surface area contributed by atoms with E-state index in [1.165, 1.54) is 12.3 Å². The number of rotatable bonds is 4. The standard InChI is InChI=1S/C20H23FN8O/c1-28(15-7-12-3-2-4-14(25-12)19(15)21)18-10-24-20(27-26-18)13-9-23-17(8-16(13)30)29-6-5-22-11-29/h5-6,8-12,14-15,19,25H,2-4,7H2,1H3,(H,23,30)/t12?,14?,15-,19-/m1/s1. The van der Waals surface area contributed by atoms with Crippen molar-refractivity contribution in [3.8, 4) is 23.0 Å². The summed E-state index contributed by atoms with van der Waals surface area (Å²) in [5.74, 6) is 1.29. The lowest BCUT2D eigenvalue weighted by molar-refractivity contribution is 0.107. The van der Waals surface area contributed by atoms with Crippen LogP contribution in [-0.2, 0) is 0 Å². The molecule has 5 heterocycles. The Morgan fingerprint density at radius 2 is 2.13 bits per heavy atom. The van der Waals surface area contributed by atoms with Crippen LogP contribution in [0.4, 0.5) is 10.2 Å². The number of fused-ring (bicyclic) bond motifs is 2. The van der Waals surface area contributed by atoms with Crippen LogP contribution in [0.25, 0.3) is 17.2 Å². The van der Waals surface area contributed by atoms with Gasteiger partial charge < -0.3 is 15.3 Å². The average Bonchev–Trinajstić information content (AvgIpc) is 3.31. The maximum Gasteiger partial charge on any atom is 0.187 e. The lowest BCUT2D eigenvalue weighted by Crippen LogP contribution is -2.61. The third kappa shape index (κ3) is 3.36. The molecular formula is C20H23FN8O. The second-order valence-corrected chi connectivity index (χ2v) is 7.93. The lowest BCUT2D eigenvalue weighted by Gasteiger charge is -2.45. The van der Waals surface area contributed by atoms with Gasteiger partial charge in [-0.15, -0.1) is 10.2 Å². The van der Waals surface area contributed by atoms with Gasteiger partial charge in [-0.25, -0.2) is 19.3 Å². The van der Waals surface area contributed by atoms with Crippen LogP contribution in [0, 0.1) is 0 Å². The third-order valence-corrected chi connectivity index (χ3v) is 6.08. The zero-order chi connectivity index (χ0) is 20.7. The highest BCUT2D eigenvalue weighted by molar-refractivity contribution is 5.63. The monoisotopic (exact) mass is 410 g/mol. The molecule has 10 heteroatoms. The van der Waals surface area contributed by atoms with Crippen LogP contribution in [0.3, 0.4) is 0 Å². The fourth-order valence-corrected chi connectivity index (χ4v) is 4.42. The number of anilines is 1. The summed E-state index contributed by atoms with van der Waals surface area (Å²) in [5.41, 5.74) is 0.375. The molecule has 5 rings (SSSR count). The molecular weight excluding hydrogens is 387 g/mol. The number of hydrogen-bond donors (Lipinski definition) is 2. The minimum atomic E-state index is -0.961. The number of alkyl halides is 1. The molecule has 30 heavy (non-hydrogen) atoms. The van der Waals surface area contributed by atoms with Crippen molar-refractivity contribution in [2.75, 3.05) is 11.9 Å². The van der Waals surface area contributed by atoms with E-state index in [0.29, 0.717) is 23.2 Å². The van der Waals surface area contributed by atoms with Gasteiger partial charge in [-0.05, 0) is 19.3 Å². The molecule has 2 N–H and O–H groups in total. The fourth-order valence-electron chi connectivity index (χ4n) is 4.42. The topological polar surface area (TPSA) is 105 Å². The third-order valence-electron chi connectivity index (χ3n) is 6.08. The van der Waals surface area contributed by atoms with Gasteiger partial charge in [0.15, 0.2) is 11.6 Å².